The van der Waals surface area contributed by atoms with Crippen LogP contribution in [0.5, 0.6) is 0 Å². The van der Waals surface area contributed by atoms with E-state index >= 15 is 0 Å². The van der Waals surface area contributed by atoms with Crippen molar-refractivity contribution >= 4 is 17.7 Å². The molecule has 0 unspecified atom stereocenters. The molecular weight excluding hydrogens is 322 g/mol. The van der Waals surface area contributed by atoms with Crippen molar-refractivity contribution in [1.29, 1.82) is 15.8 Å². The number of aromatic amines is 1. The van der Waals surface area contributed by atoms with E-state index in [1.54, 1.807) is 11.8 Å². The highest BCUT2D eigenvalue weighted by atomic mass is 16.6. The van der Waals surface area contributed by atoms with Crippen LogP contribution < -0.4 is 15.6 Å². The minimum Gasteiger partial charge on any atom is -0.450 e. The number of amides is 1. The quantitative estimate of drug-likeness (QED) is 0.825. The molecule has 1 fully saturated rings. The largest absolute Gasteiger partial charge is 0.450 e. The number of carbonyl (C=O) groups excluding carboxylic acids is 1. The molecule has 9 heteroatoms. The van der Waals surface area contributed by atoms with Crippen molar-refractivity contribution in [3.8, 4) is 18.2 Å². The van der Waals surface area contributed by atoms with Crippen molar-refractivity contribution < 1.29 is 14.5 Å². The van der Waals surface area contributed by atoms with Gasteiger partial charge in [-0.2, -0.15) is 15.8 Å². The molecule has 0 aliphatic carbocycles. The molecule has 1 aliphatic rings. The van der Waals surface area contributed by atoms with Gasteiger partial charge >= 0.3 is 6.09 Å². The van der Waals surface area contributed by atoms with Crippen LogP contribution in [-0.2, 0) is 11.2 Å². The molecule has 1 aliphatic heterocycles. The molecule has 0 spiro atoms. The summed E-state index contributed by atoms with van der Waals surface area (Å²) in [6, 6.07) is 5.98. The van der Waals surface area contributed by atoms with Gasteiger partial charge in [-0.25, -0.2) is 9.78 Å². The molecule has 25 heavy (non-hydrogen) atoms. The number of nitrogens with zero attached hydrogens (tertiary/aromatic N) is 5. The molecule has 3 N–H and O–H groups in total. The zero-order valence-corrected chi connectivity index (χ0v) is 13.9. The van der Waals surface area contributed by atoms with E-state index in [9.17, 15) is 15.3 Å². The molecule has 1 saturated heterocycles. The molecule has 0 bridgehead atoms. The topological polar surface area (TPSA) is 144 Å². The van der Waals surface area contributed by atoms with Gasteiger partial charge in [0, 0.05) is 5.56 Å². The third-order valence-electron chi connectivity index (χ3n) is 3.96. The summed E-state index contributed by atoms with van der Waals surface area (Å²) in [5, 5.41) is 27.8. The lowest BCUT2D eigenvalue weighted by Gasteiger charge is -2.32. The fourth-order valence-corrected chi connectivity index (χ4v) is 2.75. The van der Waals surface area contributed by atoms with Crippen molar-refractivity contribution in [3.05, 3.63) is 16.7 Å². The Morgan fingerprint density at radius 2 is 1.84 bits per heavy atom. The first kappa shape index (κ1) is 17.8. The van der Waals surface area contributed by atoms with Crippen molar-refractivity contribution in [3.63, 3.8) is 0 Å². The fraction of sp³-hybridized carbons (Fsp3) is 0.438. The third kappa shape index (κ3) is 3.54. The number of nitrogen functional groups attached to an aromatic ring is 1. The molecular formula is C16H18N7O2+. The molecule has 2 rings (SSSR count). The Kier molecular flexibility index (Phi) is 5.60. The molecule has 9 nitrogen and oxygen atoms in total. The Morgan fingerprint density at radius 3 is 2.36 bits per heavy atom. The maximum absolute atomic E-state index is 11.8. The fourth-order valence-electron chi connectivity index (χ4n) is 2.75. The van der Waals surface area contributed by atoms with Crippen molar-refractivity contribution in [1.82, 2.24) is 4.90 Å². The molecule has 1 aromatic heterocycles. The normalized spacial score (nSPS) is 13.5. The van der Waals surface area contributed by atoms with E-state index in [0.717, 1.165) is 0 Å². The minimum atomic E-state index is -0.365. The molecule has 1 amide bonds. The number of ether oxygens (including phenoxy) is 1. The standard InChI is InChI=1S/C16H17N7O2/c1-2-25-16(24)23-7-5-22(6-8-23)15-13(10-19)11(3-4-17)12(9-18)14(20)21-15/h2-3,5-8H2,1H3,(H2,20,21)/p+1. The number of aromatic nitrogens is 1. The second kappa shape index (κ2) is 7.85. The Hall–Kier alpha value is -3.51. The highest BCUT2D eigenvalue weighted by Gasteiger charge is 2.30. The van der Waals surface area contributed by atoms with Gasteiger partial charge in [-0.05, 0) is 6.92 Å². The van der Waals surface area contributed by atoms with E-state index in [2.05, 4.69) is 11.1 Å². The summed E-state index contributed by atoms with van der Waals surface area (Å²) < 4.78 is 4.98. The van der Waals surface area contributed by atoms with Gasteiger partial charge in [-0.15, -0.1) is 0 Å². The second-order valence-electron chi connectivity index (χ2n) is 5.35. The van der Waals surface area contributed by atoms with Crippen LogP contribution >= 0.6 is 0 Å². The van der Waals surface area contributed by atoms with Gasteiger partial charge < -0.3 is 15.4 Å². The van der Waals surface area contributed by atoms with Crippen molar-refractivity contribution in [2.75, 3.05) is 43.4 Å². The third-order valence-corrected chi connectivity index (χ3v) is 3.96. The number of nitrogens with one attached hydrogen (secondary N) is 1. The first-order chi connectivity index (χ1) is 12.1. The summed E-state index contributed by atoms with van der Waals surface area (Å²) in [6.45, 7) is 3.88. The van der Waals surface area contributed by atoms with Gasteiger partial charge in [0.05, 0.1) is 45.3 Å². The lowest BCUT2D eigenvalue weighted by atomic mass is 10.0. The zero-order valence-electron chi connectivity index (χ0n) is 13.9. The predicted molar refractivity (Wildman–Crippen MR) is 87.0 cm³/mol. The molecule has 1 aromatic rings. The van der Waals surface area contributed by atoms with E-state index in [4.69, 9.17) is 15.7 Å². The summed E-state index contributed by atoms with van der Waals surface area (Å²) >= 11 is 0. The van der Waals surface area contributed by atoms with Gasteiger partial charge in [0.1, 0.15) is 23.3 Å². The van der Waals surface area contributed by atoms with Gasteiger partial charge in [-0.3, -0.25) is 4.90 Å². The van der Waals surface area contributed by atoms with Gasteiger partial charge in [-0.1, -0.05) is 0 Å². The van der Waals surface area contributed by atoms with E-state index in [0.29, 0.717) is 44.2 Å². The molecule has 0 atom stereocenters. The number of hydrogen-bond donors (Lipinski definition) is 1. The number of hydrogen-bond acceptors (Lipinski definition) is 7. The second-order valence-corrected chi connectivity index (χ2v) is 5.35. The number of pyridine rings is 1. The van der Waals surface area contributed by atoms with Crippen LogP contribution in [0.3, 0.4) is 0 Å². The molecule has 0 radical (unpaired) electrons. The van der Waals surface area contributed by atoms with E-state index in [1.165, 1.54) is 0 Å². The number of anilines is 2. The maximum atomic E-state index is 11.8. The number of carbonyl (C=O) groups is 1. The Bertz CT molecular complexity index is 793. The average Bonchev–Trinajstić information content (AvgIpc) is 2.62. The Labute approximate surface area is 145 Å². The smallest absolute Gasteiger partial charge is 0.409 e. The van der Waals surface area contributed by atoms with Crippen LogP contribution in [0.2, 0.25) is 0 Å². The lowest BCUT2D eigenvalue weighted by Crippen LogP contribution is -2.50. The van der Waals surface area contributed by atoms with Crippen LogP contribution in [0.25, 0.3) is 0 Å². The first-order valence-corrected chi connectivity index (χ1v) is 7.78. The molecule has 128 valence electrons. The SMILES string of the molecule is CCOC(=O)N1CCN(c2[nH+]c(N)c(C#N)c(CC#N)c2C#N)CC1. The van der Waals surface area contributed by atoms with Gasteiger partial charge in [0.15, 0.2) is 0 Å². The summed E-state index contributed by atoms with van der Waals surface area (Å²) in [6.07, 6.45) is -0.448. The summed E-state index contributed by atoms with van der Waals surface area (Å²) in [7, 11) is 0. The Morgan fingerprint density at radius 1 is 1.20 bits per heavy atom. The van der Waals surface area contributed by atoms with Crippen LogP contribution in [-0.4, -0.2) is 43.8 Å². The highest BCUT2D eigenvalue weighted by molar-refractivity contribution is 5.68. The number of nitriles is 3. The molecule has 0 saturated carbocycles. The van der Waals surface area contributed by atoms with Crippen molar-refractivity contribution in [2.45, 2.75) is 13.3 Å². The molecule has 2 heterocycles. The first-order valence-electron chi connectivity index (χ1n) is 7.78. The number of rotatable bonds is 3. The Balaban J connectivity index is 2.32. The van der Waals surface area contributed by atoms with Gasteiger partial charge in [0.25, 0.3) is 0 Å². The summed E-state index contributed by atoms with van der Waals surface area (Å²) in [5.74, 6) is 0.585. The number of H-pyrrole nitrogens is 1. The van der Waals surface area contributed by atoms with E-state index < -0.39 is 0 Å². The van der Waals surface area contributed by atoms with Gasteiger partial charge in [0.2, 0.25) is 11.6 Å². The lowest BCUT2D eigenvalue weighted by molar-refractivity contribution is -0.347. The highest BCUT2D eigenvalue weighted by Crippen LogP contribution is 2.25. The van der Waals surface area contributed by atoms with Crippen molar-refractivity contribution in [2.24, 2.45) is 0 Å². The summed E-state index contributed by atoms with van der Waals surface area (Å²) in [5.41, 5.74) is 6.58. The minimum absolute atomic E-state index is 0.0829. The van der Waals surface area contributed by atoms with Crippen LogP contribution in [0.4, 0.5) is 16.4 Å². The van der Waals surface area contributed by atoms with Crippen LogP contribution in [0.15, 0.2) is 0 Å². The van der Waals surface area contributed by atoms with Crippen LogP contribution in [0.1, 0.15) is 23.6 Å². The maximum Gasteiger partial charge on any atom is 0.409 e. The number of piperazine rings is 1. The monoisotopic (exact) mass is 340 g/mol. The van der Waals surface area contributed by atoms with E-state index in [1.807, 2.05) is 17.0 Å². The average molecular weight is 340 g/mol. The predicted octanol–water partition coefficient (Wildman–Crippen LogP) is 0.171. The number of nitrogens with two attached hydrogens (primary N) is 1. The summed E-state index contributed by atoms with van der Waals surface area (Å²) in [4.78, 5) is 18.1. The molecule has 0 aromatic carbocycles. The zero-order chi connectivity index (χ0) is 18.4. The van der Waals surface area contributed by atoms with E-state index in [-0.39, 0.29) is 29.5 Å². The van der Waals surface area contributed by atoms with Crippen LogP contribution in [0, 0.1) is 34.0 Å².